The monoisotopic (exact) mass is 382 g/mol. The van der Waals surface area contributed by atoms with Gasteiger partial charge in [0.05, 0.1) is 17.6 Å². The van der Waals surface area contributed by atoms with Gasteiger partial charge in [0.25, 0.3) is 0 Å². The summed E-state index contributed by atoms with van der Waals surface area (Å²) in [5.74, 6) is 0.500. The molecule has 0 aliphatic carbocycles. The highest BCUT2D eigenvalue weighted by atomic mass is 16.3. The summed E-state index contributed by atoms with van der Waals surface area (Å²) in [5, 5.41) is 22.8. The van der Waals surface area contributed by atoms with E-state index in [-0.39, 0.29) is 17.9 Å². The molecule has 0 saturated carbocycles. The van der Waals surface area contributed by atoms with Crippen molar-refractivity contribution in [3.05, 3.63) is 83.9 Å². The summed E-state index contributed by atoms with van der Waals surface area (Å²) in [6.45, 7) is 0.926. The number of aromatic nitrogens is 2. The molecule has 0 saturated heterocycles. The van der Waals surface area contributed by atoms with Crippen LogP contribution in [0.2, 0.25) is 0 Å². The number of aliphatic hydroxyl groups is 1. The molecule has 0 unspecified atom stereocenters. The molecule has 5 heteroatoms. The number of fused-ring (bicyclic) bond motifs is 2. The first-order valence-electron chi connectivity index (χ1n) is 9.47. The number of allylic oxidation sites excluding steroid dienone is 1. The number of para-hydroxylation sites is 2. The summed E-state index contributed by atoms with van der Waals surface area (Å²) in [6.07, 6.45) is 0. The van der Waals surface area contributed by atoms with Crippen LogP contribution in [0.5, 0.6) is 0 Å². The third-order valence-corrected chi connectivity index (χ3v) is 5.10. The van der Waals surface area contributed by atoms with Crippen molar-refractivity contribution in [2.75, 3.05) is 13.6 Å². The molecule has 1 heterocycles. The molecule has 0 fully saturated rings. The van der Waals surface area contributed by atoms with E-state index in [0.29, 0.717) is 12.4 Å². The molecule has 1 N–H and O–H groups in total. The number of nitriles is 1. The van der Waals surface area contributed by atoms with Crippen LogP contribution in [0.15, 0.2) is 72.5 Å². The van der Waals surface area contributed by atoms with Crippen LogP contribution in [0.4, 0.5) is 0 Å². The fourth-order valence-corrected chi connectivity index (χ4v) is 3.65. The standard InChI is InChI=1S/C24H22N4O/c1-27(15-17-11-12-18-7-3-4-8-19(18)13-17)16-23(29)20(14-25)24-26-21-9-5-6-10-22(21)28(24)2/h3-13,29H,15-16H2,1-2H3/b23-20-. The number of aryl methyl sites for hydroxylation is 1. The first-order chi connectivity index (χ1) is 14.1. The molecule has 29 heavy (non-hydrogen) atoms. The van der Waals surface area contributed by atoms with E-state index in [1.165, 1.54) is 10.8 Å². The number of likely N-dealkylation sites (N-methyl/N-ethyl adjacent to an activating group) is 1. The van der Waals surface area contributed by atoms with E-state index >= 15 is 0 Å². The van der Waals surface area contributed by atoms with Crippen LogP contribution in [0.3, 0.4) is 0 Å². The molecular formula is C24H22N4O. The number of rotatable bonds is 5. The van der Waals surface area contributed by atoms with Crippen molar-refractivity contribution in [2.24, 2.45) is 7.05 Å². The normalized spacial score (nSPS) is 12.3. The largest absolute Gasteiger partial charge is 0.509 e. The summed E-state index contributed by atoms with van der Waals surface area (Å²) in [5.41, 5.74) is 3.08. The van der Waals surface area contributed by atoms with Crippen molar-refractivity contribution in [2.45, 2.75) is 6.54 Å². The number of nitrogens with zero attached hydrogens (tertiary/aromatic N) is 4. The highest BCUT2D eigenvalue weighted by Crippen LogP contribution is 2.22. The van der Waals surface area contributed by atoms with Crippen molar-refractivity contribution < 1.29 is 5.11 Å². The molecule has 4 aromatic rings. The second-order valence-electron chi connectivity index (χ2n) is 7.27. The van der Waals surface area contributed by atoms with Gasteiger partial charge >= 0.3 is 0 Å². The lowest BCUT2D eigenvalue weighted by Crippen LogP contribution is -2.21. The minimum Gasteiger partial charge on any atom is -0.509 e. The lowest BCUT2D eigenvalue weighted by molar-refractivity contribution is 0.286. The fourth-order valence-electron chi connectivity index (χ4n) is 3.65. The van der Waals surface area contributed by atoms with Gasteiger partial charge in [-0.15, -0.1) is 0 Å². The predicted molar refractivity (Wildman–Crippen MR) is 116 cm³/mol. The van der Waals surface area contributed by atoms with Crippen molar-refractivity contribution in [1.82, 2.24) is 14.5 Å². The van der Waals surface area contributed by atoms with Crippen molar-refractivity contribution in [1.29, 1.82) is 5.26 Å². The molecular weight excluding hydrogens is 360 g/mol. The quantitative estimate of drug-likeness (QED) is 0.403. The molecule has 1 aromatic heterocycles. The fraction of sp³-hybridized carbons (Fsp3) is 0.167. The molecule has 3 aromatic carbocycles. The van der Waals surface area contributed by atoms with Crippen molar-refractivity contribution >= 4 is 27.4 Å². The Kier molecular flexibility index (Phi) is 5.03. The highest BCUT2D eigenvalue weighted by Gasteiger charge is 2.17. The van der Waals surface area contributed by atoms with Crippen molar-refractivity contribution in [3.63, 3.8) is 0 Å². The lowest BCUT2D eigenvalue weighted by Gasteiger charge is -2.17. The van der Waals surface area contributed by atoms with Gasteiger partial charge in [-0.1, -0.05) is 48.5 Å². The molecule has 0 radical (unpaired) electrons. The predicted octanol–water partition coefficient (Wildman–Crippen LogP) is 4.65. The van der Waals surface area contributed by atoms with Gasteiger partial charge < -0.3 is 9.67 Å². The van der Waals surface area contributed by atoms with Crippen LogP contribution in [0, 0.1) is 11.3 Å². The Morgan fingerprint density at radius 1 is 1.07 bits per heavy atom. The summed E-state index contributed by atoms with van der Waals surface area (Å²) >= 11 is 0. The van der Waals surface area contributed by atoms with Crippen LogP contribution >= 0.6 is 0 Å². The van der Waals surface area contributed by atoms with Crippen LogP contribution in [-0.2, 0) is 13.6 Å². The van der Waals surface area contributed by atoms with Crippen molar-refractivity contribution in [3.8, 4) is 6.07 Å². The molecule has 0 atom stereocenters. The maximum absolute atomic E-state index is 10.7. The maximum atomic E-state index is 10.7. The molecule has 4 rings (SSSR count). The van der Waals surface area contributed by atoms with E-state index in [2.05, 4.69) is 41.4 Å². The van der Waals surface area contributed by atoms with E-state index in [9.17, 15) is 10.4 Å². The Hall–Kier alpha value is -3.62. The van der Waals surface area contributed by atoms with Gasteiger partial charge in [-0.25, -0.2) is 4.98 Å². The number of aliphatic hydroxyl groups excluding tert-OH is 1. The number of benzene rings is 3. The van der Waals surface area contributed by atoms with E-state index in [0.717, 1.165) is 16.6 Å². The van der Waals surface area contributed by atoms with Gasteiger partial charge in [-0.3, -0.25) is 4.90 Å². The average Bonchev–Trinajstić information content (AvgIpc) is 3.05. The molecule has 0 aliphatic heterocycles. The van der Waals surface area contributed by atoms with E-state index in [1.54, 1.807) is 0 Å². The SMILES string of the molecule is CN(C/C(O)=C(\C#N)c1nc2ccccc2n1C)Cc1ccc2ccccc2c1. The summed E-state index contributed by atoms with van der Waals surface area (Å²) in [7, 11) is 3.78. The van der Waals surface area contributed by atoms with Gasteiger partial charge in [0.15, 0.2) is 5.82 Å². The van der Waals surface area contributed by atoms with Crippen LogP contribution in [0.1, 0.15) is 11.4 Å². The Labute approximate surface area is 169 Å². The smallest absolute Gasteiger partial charge is 0.155 e. The molecule has 0 bridgehead atoms. The lowest BCUT2D eigenvalue weighted by atomic mass is 10.1. The first kappa shape index (κ1) is 18.7. The molecule has 0 amide bonds. The van der Waals surface area contributed by atoms with Crippen LogP contribution in [-0.4, -0.2) is 33.1 Å². The van der Waals surface area contributed by atoms with E-state index in [4.69, 9.17) is 0 Å². The van der Waals surface area contributed by atoms with Crippen LogP contribution < -0.4 is 0 Å². The minimum atomic E-state index is 0.0224. The van der Waals surface area contributed by atoms with Gasteiger partial charge in [-0.05, 0) is 41.6 Å². The minimum absolute atomic E-state index is 0.0224. The molecule has 5 nitrogen and oxygen atoms in total. The molecule has 144 valence electrons. The topological polar surface area (TPSA) is 65.1 Å². The Balaban J connectivity index is 1.58. The second-order valence-corrected chi connectivity index (χ2v) is 7.27. The van der Waals surface area contributed by atoms with Gasteiger partial charge in [-0.2, -0.15) is 5.26 Å². The Morgan fingerprint density at radius 3 is 2.55 bits per heavy atom. The zero-order valence-corrected chi connectivity index (χ0v) is 16.5. The van der Waals surface area contributed by atoms with Gasteiger partial charge in [0, 0.05) is 13.6 Å². The molecule has 0 aliphatic rings. The maximum Gasteiger partial charge on any atom is 0.155 e. The third kappa shape index (κ3) is 3.71. The van der Waals surface area contributed by atoms with E-state index < -0.39 is 0 Å². The molecule has 0 spiro atoms. The number of hydrogen-bond donors (Lipinski definition) is 1. The zero-order chi connectivity index (χ0) is 20.4. The first-order valence-corrected chi connectivity index (χ1v) is 9.47. The summed E-state index contributed by atoms with van der Waals surface area (Å²) in [6, 6.07) is 24.4. The highest BCUT2D eigenvalue weighted by molar-refractivity contribution is 5.84. The Bertz CT molecular complexity index is 1260. The van der Waals surface area contributed by atoms with Crippen LogP contribution in [0.25, 0.3) is 27.4 Å². The Morgan fingerprint density at radius 2 is 1.79 bits per heavy atom. The second kappa shape index (κ2) is 7.78. The van der Waals surface area contributed by atoms with Gasteiger partial charge in [0.1, 0.15) is 17.4 Å². The summed E-state index contributed by atoms with van der Waals surface area (Å²) in [4.78, 5) is 6.52. The number of hydrogen-bond acceptors (Lipinski definition) is 4. The van der Waals surface area contributed by atoms with Gasteiger partial charge in [0.2, 0.25) is 0 Å². The van der Waals surface area contributed by atoms with E-state index in [1.807, 2.05) is 60.0 Å². The summed E-state index contributed by atoms with van der Waals surface area (Å²) < 4.78 is 1.84. The third-order valence-electron chi connectivity index (χ3n) is 5.10. The number of imidazole rings is 1. The average molecular weight is 382 g/mol. The zero-order valence-electron chi connectivity index (χ0n) is 16.5.